The van der Waals surface area contributed by atoms with Crippen LogP contribution in [-0.2, 0) is 14.8 Å². The number of carbonyl (C=O) groups is 1. The maximum Gasteiger partial charge on any atom is 0.242 e. The fourth-order valence-corrected chi connectivity index (χ4v) is 2.98. The summed E-state index contributed by atoms with van der Waals surface area (Å²) in [5, 5.41) is 2.78. The van der Waals surface area contributed by atoms with Gasteiger partial charge in [-0.15, -0.1) is 0 Å². The largest absolute Gasteiger partial charge is 0.356 e. The molecular weight excluding hydrogens is 307 g/mol. The van der Waals surface area contributed by atoms with Gasteiger partial charge in [-0.25, -0.2) is 17.1 Å². The summed E-state index contributed by atoms with van der Waals surface area (Å²) in [5.74, 6) is -0.185. The van der Waals surface area contributed by atoms with Crippen molar-refractivity contribution in [1.29, 1.82) is 0 Å². The number of nitrogens with zero attached hydrogens (tertiary/aromatic N) is 1. The Balaban J connectivity index is 2.49. The van der Waals surface area contributed by atoms with Crippen molar-refractivity contribution in [2.45, 2.75) is 31.6 Å². The zero-order valence-electron chi connectivity index (χ0n) is 13.2. The Bertz CT molecular complexity index is 585. The molecule has 22 heavy (non-hydrogen) atoms. The first-order valence-corrected chi connectivity index (χ1v) is 8.66. The average Bonchev–Trinajstić information content (AvgIpc) is 2.45. The van der Waals surface area contributed by atoms with Crippen LogP contribution in [-0.4, -0.2) is 38.8 Å². The smallest absolute Gasteiger partial charge is 0.242 e. The first-order valence-electron chi connectivity index (χ1n) is 7.22. The lowest BCUT2D eigenvalue weighted by Gasteiger charge is -2.17. The molecule has 0 aliphatic heterocycles. The molecule has 1 N–H and O–H groups in total. The summed E-state index contributed by atoms with van der Waals surface area (Å²) in [5.41, 5.74) is 0. The molecule has 0 radical (unpaired) electrons. The predicted octanol–water partition coefficient (Wildman–Crippen LogP) is 2.00. The second-order valence-corrected chi connectivity index (χ2v) is 7.63. The topological polar surface area (TPSA) is 66.5 Å². The van der Waals surface area contributed by atoms with Crippen LogP contribution in [0.25, 0.3) is 0 Å². The summed E-state index contributed by atoms with van der Waals surface area (Å²) in [6.07, 6.45) is 0.705. The Kier molecular flexibility index (Phi) is 6.96. The highest BCUT2D eigenvalue weighted by Gasteiger charge is 2.20. The molecule has 5 nitrogen and oxygen atoms in total. The normalized spacial score (nSPS) is 11.9. The number of benzene rings is 1. The van der Waals surface area contributed by atoms with Gasteiger partial charge in [0.1, 0.15) is 5.82 Å². The summed E-state index contributed by atoms with van der Waals surface area (Å²) in [4.78, 5) is 11.6. The third-order valence-corrected chi connectivity index (χ3v) is 4.98. The van der Waals surface area contributed by atoms with E-state index in [0.717, 1.165) is 12.1 Å². The van der Waals surface area contributed by atoms with Crippen molar-refractivity contribution in [3.63, 3.8) is 0 Å². The van der Waals surface area contributed by atoms with E-state index in [-0.39, 0.29) is 23.8 Å². The van der Waals surface area contributed by atoms with Crippen LogP contribution in [0.15, 0.2) is 29.2 Å². The molecule has 124 valence electrons. The maximum absolute atomic E-state index is 12.8. The number of amides is 1. The van der Waals surface area contributed by atoms with Gasteiger partial charge in [-0.2, -0.15) is 0 Å². The van der Waals surface area contributed by atoms with Crippen LogP contribution in [0.1, 0.15) is 26.7 Å². The van der Waals surface area contributed by atoms with Gasteiger partial charge < -0.3 is 5.32 Å². The van der Waals surface area contributed by atoms with Crippen molar-refractivity contribution >= 4 is 15.9 Å². The lowest BCUT2D eigenvalue weighted by Crippen LogP contribution is -2.30. The van der Waals surface area contributed by atoms with Crippen molar-refractivity contribution in [2.75, 3.05) is 20.1 Å². The molecule has 7 heteroatoms. The van der Waals surface area contributed by atoms with E-state index in [2.05, 4.69) is 5.32 Å². The number of hydrogen-bond donors (Lipinski definition) is 1. The second kappa shape index (κ2) is 8.24. The number of nitrogens with one attached hydrogen (secondary N) is 1. The number of carbonyl (C=O) groups excluding carboxylic acids is 1. The zero-order valence-corrected chi connectivity index (χ0v) is 14.0. The van der Waals surface area contributed by atoms with Gasteiger partial charge >= 0.3 is 0 Å². The molecule has 0 fully saturated rings. The number of sulfonamides is 1. The van der Waals surface area contributed by atoms with Gasteiger partial charge in [0.25, 0.3) is 0 Å². The maximum atomic E-state index is 12.8. The lowest BCUT2D eigenvalue weighted by molar-refractivity contribution is -0.121. The summed E-state index contributed by atoms with van der Waals surface area (Å²) >= 11 is 0. The molecule has 0 aromatic heterocycles. The Labute approximate surface area is 131 Å². The summed E-state index contributed by atoms with van der Waals surface area (Å²) in [6, 6.07) is 4.69. The van der Waals surface area contributed by atoms with Gasteiger partial charge in [-0.3, -0.25) is 4.79 Å². The third kappa shape index (κ3) is 5.73. The molecule has 0 aliphatic rings. The molecule has 1 aromatic carbocycles. The second-order valence-electron chi connectivity index (χ2n) is 5.58. The van der Waals surface area contributed by atoms with E-state index in [0.29, 0.717) is 18.9 Å². The fourth-order valence-electron chi connectivity index (χ4n) is 1.78. The van der Waals surface area contributed by atoms with Crippen LogP contribution < -0.4 is 5.32 Å². The van der Waals surface area contributed by atoms with Crippen LogP contribution in [0.3, 0.4) is 0 Å². The van der Waals surface area contributed by atoms with Crippen molar-refractivity contribution in [3.05, 3.63) is 30.1 Å². The van der Waals surface area contributed by atoms with Crippen LogP contribution in [0.2, 0.25) is 0 Å². The first kappa shape index (κ1) is 18.6. The van der Waals surface area contributed by atoms with E-state index in [1.165, 1.54) is 23.5 Å². The molecule has 1 amide bonds. The molecule has 0 unspecified atom stereocenters. The lowest BCUT2D eigenvalue weighted by atomic mass is 10.2. The van der Waals surface area contributed by atoms with Crippen LogP contribution >= 0.6 is 0 Å². The molecule has 0 aliphatic carbocycles. The van der Waals surface area contributed by atoms with Crippen molar-refractivity contribution in [3.8, 4) is 0 Å². The molecule has 0 saturated carbocycles. The van der Waals surface area contributed by atoms with E-state index in [1.54, 1.807) is 0 Å². The number of halogens is 1. The number of rotatable bonds is 8. The average molecular weight is 330 g/mol. The molecule has 0 atom stereocenters. The van der Waals surface area contributed by atoms with Gasteiger partial charge in [0.05, 0.1) is 4.90 Å². The van der Waals surface area contributed by atoms with Gasteiger partial charge in [0, 0.05) is 26.6 Å². The van der Waals surface area contributed by atoms with Crippen LogP contribution in [0, 0.1) is 11.7 Å². The van der Waals surface area contributed by atoms with E-state index in [9.17, 15) is 17.6 Å². The van der Waals surface area contributed by atoms with Crippen molar-refractivity contribution in [1.82, 2.24) is 9.62 Å². The van der Waals surface area contributed by atoms with Crippen molar-refractivity contribution in [2.24, 2.45) is 5.92 Å². The number of hydrogen-bond acceptors (Lipinski definition) is 3. The minimum Gasteiger partial charge on any atom is -0.356 e. The Morgan fingerprint density at radius 1 is 1.27 bits per heavy atom. The Hall–Kier alpha value is -1.47. The van der Waals surface area contributed by atoms with E-state index in [4.69, 9.17) is 0 Å². The highest BCUT2D eigenvalue weighted by Crippen LogP contribution is 2.15. The van der Waals surface area contributed by atoms with Crippen LogP contribution in [0.4, 0.5) is 4.39 Å². The predicted molar refractivity (Wildman–Crippen MR) is 83.3 cm³/mol. The third-order valence-electron chi connectivity index (χ3n) is 3.11. The monoisotopic (exact) mass is 330 g/mol. The summed E-state index contributed by atoms with van der Waals surface area (Å²) < 4.78 is 38.5. The van der Waals surface area contributed by atoms with E-state index < -0.39 is 15.8 Å². The molecule has 0 saturated heterocycles. The quantitative estimate of drug-likeness (QED) is 0.793. The summed E-state index contributed by atoms with van der Waals surface area (Å²) in [7, 11) is -2.20. The molecule has 0 heterocycles. The Morgan fingerprint density at radius 2 is 1.86 bits per heavy atom. The highest BCUT2D eigenvalue weighted by atomic mass is 32.2. The minimum absolute atomic E-state index is 0.0423. The first-order chi connectivity index (χ1) is 10.2. The molecule has 1 rings (SSSR count). The van der Waals surface area contributed by atoms with Gasteiger partial charge in [-0.1, -0.05) is 13.8 Å². The van der Waals surface area contributed by atoms with Crippen LogP contribution in [0.5, 0.6) is 0 Å². The van der Waals surface area contributed by atoms with E-state index in [1.807, 2.05) is 13.8 Å². The van der Waals surface area contributed by atoms with E-state index >= 15 is 0 Å². The van der Waals surface area contributed by atoms with Crippen molar-refractivity contribution < 1.29 is 17.6 Å². The standard InChI is InChI=1S/C15H23FN2O3S/c1-12(2)11-17-15(19)5-4-10-18(3)22(20,21)14-8-6-13(16)7-9-14/h6-9,12H,4-5,10-11H2,1-3H3,(H,17,19). The molecule has 0 spiro atoms. The Morgan fingerprint density at radius 3 is 2.41 bits per heavy atom. The molecule has 0 bridgehead atoms. The van der Waals surface area contributed by atoms with Gasteiger partial charge in [0.2, 0.25) is 15.9 Å². The fraction of sp³-hybridized carbons (Fsp3) is 0.533. The minimum atomic E-state index is -3.64. The summed E-state index contributed by atoms with van der Waals surface area (Å²) in [6.45, 7) is 4.85. The molecular formula is C15H23FN2O3S. The molecule has 1 aromatic rings. The highest BCUT2D eigenvalue weighted by molar-refractivity contribution is 7.89. The van der Waals surface area contributed by atoms with Gasteiger partial charge in [-0.05, 0) is 36.6 Å². The SMILES string of the molecule is CC(C)CNC(=O)CCCN(C)S(=O)(=O)c1ccc(F)cc1. The zero-order chi connectivity index (χ0) is 16.8. The van der Waals surface area contributed by atoms with Gasteiger partial charge in [0.15, 0.2) is 0 Å².